The van der Waals surface area contributed by atoms with Crippen molar-refractivity contribution >= 4 is 0 Å². The van der Waals surface area contributed by atoms with Gasteiger partial charge in [-0.05, 0) is 30.7 Å². The Kier molecular flexibility index (Phi) is 4.19. The number of hydrogen-bond acceptors (Lipinski definition) is 2. The van der Waals surface area contributed by atoms with Crippen LogP contribution >= 0.6 is 0 Å². The number of benzene rings is 1. The summed E-state index contributed by atoms with van der Waals surface area (Å²) in [7, 11) is 0. The van der Waals surface area contributed by atoms with Crippen molar-refractivity contribution in [2.24, 2.45) is 5.92 Å². The summed E-state index contributed by atoms with van der Waals surface area (Å²) in [5.41, 5.74) is 1.46. The van der Waals surface area contributed by atoms with E-state index in [1.807, 2.05) is 0 Å². The van der Waals surface area contributed by atoms with E-state index in [0.29, 0.717) is 6.04 Å². The largest absolute Gasteiger partial charge is 0.311 e. The molecule has 2 aliphatic rings. The van der Waals surface area contributed by atoms with Gasteiger partial charge >= 0.3 is 0 Å². The number of nitrogens with zero attached hydrogens (tertiary/aromatic N) is 1. The molecule has 1 heterocycles. The number of nitrogens with one attached hydrogen (secondary N) is 1. The van der Waals surface area contributed by atoms with Gasteiger partial charge in [0.25, 0.3) is 0 Å². The van der Waals surface area contributed by atoms with E-state index in [1.165, 1.54) is 44.3 Å². The minimum absolute atomic E-state index is 0.629. The molecule has 3 atom stereocenters. The van der Waals surface area contributed by atoms with Crippen LogP contribution in [0.25, 0.3) is 0 Å². The zero-order valence-electron chi connectivity index (χ0n) is 12.0. The van der Waals surface area contributed by atoms with E-state index in [0.717, 1.165) is 18.5 Å². The molecule has 1 saturated heterocycles. The van der Waals surface area contributed by atoms with Gasteiger partial charge in [-0.15, -0.1) is 0 Å². The molecule has 0 spiro atoms. The van der Waals surface area contributed by atoms with Gasteiger partial charge in [-0.1, -0.05) is 43.7 Å². The Morgan fingerprint density at radius 1 is 1.21 bits per heavy atom. The summed E-state index contributed by atoms with van der Waals surface area (Å²) in [6.07, 6.45) is 5.44. The summed E-state index contributed by atoms with van der Waals surface area (Å²) < 4.78 is 0. The van der Waals surface area contributed by atoms with Crippen molar-refractivity contribution in [3.8, 4) is 0 Å². The molecule has 1 aliphatic heterocycles. The van der Waals surface area contributed by atoms with Crippen LogP contribution in [0.15, 0.2) is 30.3 Å². The molecule has 19 heavy (non-hydrogen) atoms. The van der Waals surface area contributed by atoms with Crippen molar-refractivity contribution in [1.82, 2.24) is 10.2 Å². The first-order valence-electron chi connectivity index (χ1n) is 7.84. The lowest BCUT2D eigenvalue weighted by atomic mass is 9.99. The predicted octanol–water partition coefficient (Wildman–Crippen LogP) is 2.69. The maximum Gasteiger partial charge on any atom is 0.0236 e. The Bertz CT molecular complexity index is 390. The lowest BCUT2D eigenvalue weighted by molar-refractivity contribution is 0.122. The lowest BCUT2D eigenvalue weighted by Gasteiger charge is -2.39. The van der Waals surface area contributed by atoms with Crippen LogP contribution < -0.4 is 5.32 Å². The van der Waals surface area contributed by atoms with Crippen LogP contribution in [0.5, 0.6) is 0 Å². The molecule has 1 N–H and O–H groups in total. The van der Waals surface area contributed by atoms with E-state index < -0.39 is 0 Å². The highest BCUT2D eigenvalue weighted by Crippen LogP contribution is 2.30. The molecule has 1 aromatic rings. The third-order valence-electron chi connectivity index (χ3n) is 4.90. The fourth-order valence-corrected chi connectivity index (χ4v) is 3.86. The minimum Gasteiger partial charge on any atom is -0.311 e. The van der Waals surface area contributed by atoms with Gasteiger partial charge in [-0.3, -0.25) is 4.90 Å². The van der Waals surface area contributed by atoms with Gasteiger partial charge in [0, 0.05) is 31.7 Å². The zero-order valence-corrected chi connectivity index (χ0v) is 12.0. The van der Waals surface area contributed by atoms with E-state index in [4.69, 9.17) is 0 Å². The Morgan fingerprint density at radius 2 is 2.05 bits per heavy atom. The average Bonchev–Trinajstić information content (AvgIpc) is 2.86. The Labute approximate surface area is 117 Å². The third-order valence-corrected chi connectivity index (χ3v) is 4.90. The average molecular weight is 258 g/mol. The van der Waals surface area contributed by atoms with Crippen LogP contribution in [-0.2, 0) is 6.42 Å². The fourth-order valence-electron chi connectivity index (χ4n) is 3.86. The SMILES string of the molecule is CC1CCCC1N1CCNC(Cc2ccccc2)C1. The van der Waals surface area contributed by atoms with E-state index >= 15 is 0 Å². The molecular weight excluding hydrogens is 232 g/mol. The summed E-state index contributed by atoms with van der Waals surface area (Å²) in [6, 6.07) is 12.4. The molecule has 1 saturated carbocycles. The van der Waals surface area contributed by atoms with Gasteiger partial charge in [-0.2, -0.15) is 0 Å². The van der Waals surface area contributed by atoms with Crippen molar-refractivity contribution in [3.05, 3.63) is 35.9 Å². The molecule has 2 nitrogen and oxygen atoms in total. The van der Waals surface area contributed by atoms with Crippen LogP contribution in [0, 0.1) is 5.92 Å². The Morgan fingerprint density at radius 3 is 2.79 bits per heavy atom. The van der Waals surface area contributed by atoms with Crippen LogP contribution in [0.2, 0.25) is 0 Å². The first-order valence-corrected chi connectivity index (χ1v) is 7.84. The van der Waals surface area contributed by atoms with Crippen LogP contribution in [0.1, 0.15) is 31.7 Å². The number of hydrogen-bond donors (Lipinski definition) is 1. The summed E-state index contributed by atoms with van der Waals surface area (Å²) >= 11 is 0. The second-order valence-corrected chi connectivity index (χ2v) is 6.31. The second-order valence-electron chi connectivity index (χ2n) is 6.31. The smallest absolute Gasteiger partial charge is 0.0236 e. The maximum atomic E-state index is 3.69. The Hall–Kier alpha value is -0.860. The fraction of sp³-hybridized carbons (Fsp3) is 0.647. The van der Waals surface area contributed by atoms with Crippen molar-refractivity contribution in [1.29, 1.82) is 0 Å². The molecule has 1 aromatic carbocycles. The monoisotopic (exact) mass is 258 g/mol. The van der Waals surface area contributed by atoms with Crippen LogP contribution in [0.3, 0.4) is 0 Å². The van der Waals surface area contributed by atoms with Crippen molar-refractivity contribution in [3.63, 3.8) is 0 Å². The highest BCUT2D eigenvalue weighted by atomic mass is 15.2. The van der Waals surface area contributed by atoms with Crippen LogP contribution in [0.4, 0.5) is 0 Å². The van der Waals surface area contributed by atoms with E-state index in [-0.39, 0.29) is 0 Å². The summed E-state index contributed by atoms with van der Waals surface area (Å²) in [5.74, 6) is 0.899. The topological polar surface area (TPSA) is 15.3 Å². The standard InChI is InChI=1S/C17H26N2/c1-14-6-5-9-17(14)19-11-10-18-16(13-19)12-15-7-3-2-4-8-15/h2-4,7-8,14,16-18H,5-6,9-13H2,1H3. The normalized spacial score (nSPS) is 32.6. The van der Waals surface area contributed by atoms with Gasteiger partial charge in [0.15, 0.2) is 0 Å². The third kappa shape index (κ3) is 3.18. The highest BCUT2D eigenvalue weighted by molar-refractivity contribution is 5.16. The highest BCUT2D eigenvalue weighted by Gasteiger charge is 2.31. The molecule has 0 bridgehead atoms. The molecule has 0 radical (unpaired) electrons. The van der Waals surface area contributed by atoms with Crippen molar-refractivity contribution in [2.45, 2.75) is 44.7 Å². The summed E-state index contributed by atoms with van der Waals surface area (Å²) in [5, 5.41) is 3.69. The number of rotatable bonds is 3. The minimum atomic E-state index is 0.629. The van der Waals surface area contributed by atoms with Crippen molar-refractivity contribution < 1.29 is 0 Å². The van der Waals surface area contributed by atoms with Gasteiger partial charge in [-0.25, -0.2) is 0 Å². The maximum absolute atomic E-state index is 3.69. The summed E-state index contributed by atoms with van der Waals surface area (Å²) in [4.78, 5) is 2.75. The molecule has 2 fully saturated rings. The zero-order chi connectivity index (χ0) is 13.1. The summed E-state index contributed by atoms with van der Waals surface area (Å²) in [6.45, 7) is 6.05. The first-order chi connectivity index (χ1) is 9.33. The van der Waals surface area contributed by atoms with E-state index in [9.17, 15) is 0 Å². The van der Waals surface area contributed by atoms with E-state index in [1.54, 1.807) is 0 Å². The lowest BCUT2D eigenvalue weighted by Crippen LogP contribution is -2.55. The van der Waals surface area contributed by atoms with Crippen LogP contribution in [-0.4, -0.2) is 36.6 Å². The number of piperazine rings is 1. The van der Waals surface area contributed by atoms with Gasteiger partial charge in [0.2, 0.25) is 0 Å². The second kappa shape index (κ2) is 6.06. The van der Waals surface area contributed by atoms with Gasteiger partial charge in [0.1, 0.15) is 0 Å². The Balaban J connectivity index is 1.59. The molecule has 0 amide bonds. The van der Waals surface area contributed by atoms with E-state index in [2.05, 4.69) is 47.5 Å². The molecule has 104 valence electrons. The molecular formula is C17H26N2. The first kappa shape index (κ1) is 13.1. The molecule has 0 aromatic heterocycles. The molecule has 3 unspecified atom stereocenters. The quantitative estimate of drug-likeness (QED) is 0.897. The van der Waals surface area contributed by atoms with Gasteiger partial charge in [0.05, 0.1) is 0 Å². The predicted molar refractivity (Wildman–Crippen MR) is 80.3 cm³/mol. The molecule has 3 rings (SSSR count). The molecule has 2 heteroatoms. The molecule has 1 aliphatic carbocycles. The van der Waals surface area contributed by atoms with Crippen molar-refractivity contribution in [2.75, 3.05) is 19.6 Å². The van der Waals surface area contributed by atoms with Gasteiger partial charge < -0.3 is 5.32 Å².